The second-order valence-electron chi connectivity index (χ2n) is 7.43. The van der Waals surface area contributed by atoms with Gasteiger partial charge in [0.25, 0.3) is 5.56 Å². The van der Waals surface area contributed by atoms with E-state index >= 15 is 0 Å². The van der Waals surface area contributed by atoms with E-state index in [4.69, 9.17) is 9.47 Å². The number of ether oxygens (including phenoxy) is 2. The third kappa shape index (κ3) is 6.31. The Kier molecular flexibility index (Phi) is 8.92. The van der Waals surface area contributed by atoms with E-state index in [9.17, 15) is 19.5 Å². The van der Waals surface area contributed by atoms with E-state index in [0.29, 0.717) is 12.0 Å². The molecule has 0 unspecified atom stereocenters. The van der Waals surface area contributed by atoms with Crippen molar-refractivity contribution in [3.8, 4) is 0 Å². The number of nitrogens with one attached hydrogen (secondary N) is 1. The van der Waals surface area contributed by atoms with Crippen LogP contribution in [0.4, 0.5) is 0 Å². The Labute approximate surface area is 164 Å². The number of carbonyl (C=O) groups is 1. The number of aryl methyl sites for hydroxylation is 1. The number of nitrogens with zero attached hydrogens (tertiary/aromatic N) is 1. The van der Waals surface area contributed by atoms with Crippen molar-refractivity contribution in [2.45, 2.75) is 90.1 Å². The number of hydrogen-bond donors (Lipinski definition) is 2. The molecule has 8 heteroatoms. The molecule has 1 aliphatic rings. The van der Waals surface area contributed by atoms with E-state index in [-0.39, 0.29) is 19.0 Å². The maximum absolute atomic E-state index is 12.1. The summed E-state index contributed by atoms with van der Waals surface area (Å²) in [7, 11) is 0. The Bertz CT molecular complexity index is 741. The van der Waals surface area contributed by atoms with Crippen molar-refractivity contribution in [3.63, 3.8) is 0 Å². The summed E-state index contributed by atoms with van der Waals surface area (Å²) in [6.07, 6.45) is 7.80. The molecule has 0 saturated carbocycles. The molecule has 158 valence electrons. The minimum Gasteiger partial charge on any atom is -0.459 e. The topological polar surface area (TPSA) is 111 Å². The predicted molar refractivity (Wildman–Crippen MR) is 104 cm³/mol. The lowest BCUT2D eigenvalue weighted by molar-refractivity contribution is -0.153. The van der Waals surface area contributed by atoms with Crippen LogP contribution in [0.5, 0.6) is 0 Å². The molecule has 2 rings (SSSR count). The number of aromatic nitrogens is 2. The lowest BCUT2D eigenvalue weighted by Gasteiger charge is -2.16. The quantitative estimate of drug-likeness (QED) is 0.438. The molecule has 0 amide bonds. The Hall–Kier alpha value is -1.93. The Morgan fingerprint density at radius 3 is 2.61 bits per heavy atom. The molecule has 1 saturated heterocycles. The molecule has 1 aromatic rings. The third-order valence-corrected chi connectivity index (χ3v) is 5.08. The average Bonchev–Trinajstić information content (AvgIpc) is 3.06. The fourth-order valence-electron chi connectivity index (χ4n) is 3.41. The second kappa shape index (κ2) is 11.2. The number of aliphatic hydroxyl groups excluding tert-OH is 1. The van der Waals surface area contributed by atoms with Crippen molar-refractivity contribution < 1.29 is 19.4 Å². The SMILES string of the molecule is CCCCCCCCCC(=O)O[C@H]1C[C@H](n2cc(C)c(=O)[nH]c2=O)O[C@@H]1CO. The van der Waals surface area contributed by atoms with Crippen LogP contribution < -0.4 is 11.2 Å². The third-order valence-electron chi connectivity index (χ3n) is 5.08. The molecule has 1 aliphatic heterocycles. The van der Waals surface area contributed by atoms with Crippen LogP contribution in [0.25, 0.3) is 0 Å². The molecule has 2 heterocycles. The van der Waals surface area contributed by atoms with Crippen LogP contribution in [0, 0.1) is 6.92 Å². The molecular formula is C20H32N2O6. The highest BCUT2D eigenvalue weighted by Gasteiger charge is 2.38. The van der Waals surface area contributed by atoms with Gasteiger partial charge in [0.05, 0.1) is 6.61 Å². The van der Waals surface area contributed by atoms with E-state index in [2.05, 4.69) is 11.9 Å². The number of unbranched alkanes of at least 4 members (excludes halogenated alkanes) is 6. The van der Waals surface area contributed by atoms with Crippen LogP contribution in [-0.4, -0.2) is 39.4 Å². The van der Waals surface area contributed by atoms with Crippen LogP contribution in [0.1, 0.15) is 76.5 Å². The van der Waals surface area contributed by atoms with Gasteiger partial charge in [-0.2, -0.15) is 0 Å². The zero-order chi connectivity index (χ0) is 20.5. The number of hydrogen-bond acceptors (Lipinski definition) is 6. The first-order chi connectivity index (χ1) is 13.5. The highest BCUT2D eigenvalue weighted by molar-refractivity contribution is 5.69. The maximum Gasteiger partial charge on any atom is 0.330 e. The van der Waals surface area contributed by atoms with Crippen LogP contribution in [0.15, 0.2) is 15.8 Å². The summed E-state index contributed by atoms with van der Waals surface area (Å²) in [6.45, 7) is 3.46. The number of carbonyl (C=O) groups excluding carboxylic acids is 1. The fraction of sp³-hybridized carbons (Fsp3) is 0.750. The van der Waals surface area contributed by atoms with E-state index in [1.807, 2.05) is 0 Å². The van der Waals surface area contributed by atoms with Gasteiger partial charge in [0, 0.05) is 24.6 Å². The summed E-state index contributed by atoms with van der Waals surface area (Å²) in [5.41, 5.74) is -0.661. The molecule has 1 fully saturated rings. The molecule has 3 atom stereocenters. The van der Waals surface area contributed by atoms with E-state index < -0.39 is 29.7 Å². The highest BCUT2D eigenvalue weighted by Crippen LogP contribution is 2.30. The van der Waals surface area contributed by atoms with Gasteiger partial charge in [-0.3, -0.25) is 19.1 Å². The molecule has 0 aromatic carbocycles. The van der Waals surface area contributed by atoms with E-state index in [0.717, 1.165) is 19.3 Å². The van der Waals surface area contributed by atoms with Crippen molar-refractivity contribution in [1.82, 2.24) is 9.55 Å². The Morgan fingerprint density at radius 1 is 1.25 bits per heavy atom. The van der Waals surface area contributed by atoms with Gasteiger partial charge in [-0.05, 0) is 13.3 Å². The molecule has 1 aromatic heterocycles. The summed E-state index contributed by atoms with van der Waals surface area (Å²) in [4.78, 5) is 37.9. The average molecular weight is 396 g/mol. The van der Waals surface area contributed by atoms with Gasteiger partial charge in [0.15, 0.2) is 0 Å². The lowest BCUT2D eigenvalue weighted by Crippen LogP contribution is -2.33. The first-order valence-electron chi connectivity index (χ1n) is 10.2. The van der Waals surface area contributed by atoms with Gasteiger partial charge >= 0.3 is 11.7 Å². The molecule has 8 nitrogen and oxygen atoms in total. The molecule has 28 heavy (non-hydrogen) atoms. The van der Waals surface area contributed by atoms with Gasteiger partial charge in [-0.1, -0.05) is 45.4 Å². The number of aliphatic hydroxyl groups is 1. The molecule has 2 N–H and O–H groups in total. The Balaban J connectivity index is 1.83. The summed E-state index contributed by atoms with van der Waals surface area (Å²) in [5, 5.41) is 9.54. The van der Waals surface area contributed by atoms with Crippen molar-refractivity contribution >= 4 is 5.97 Å². The van der Waals surface area contributed by atoms with Gasteiger partial charge in [-0.25, -0.2) is 4.79 Å². The monoisotopic (exact) mass is 396 g/mol. The minimum absolute atomic E-state index is 0.249. The van der Waals surface area contributed by atoms with Gasteiger partial charge in [-0.15, -0.1) is 0 Å². The highest BCUT2D eigenvalue weighted by atomic mass is 16.6. The van der Waals surface area contributed by atoms with Crippen LogP contribution in [0.3, 0.4) is 0 Å². The summed E-state index contributed by atoms with van der Waals surface area (Å²) in [6, 6.07) is 0. The van der Waals surface area contributed by atoms with Crippen molar-refractivity contribution in [3.05, 3.63) is 32.6 Å². The number of H-pyrrole nitrogens is 1. The van der Waals surface area contributed by atoms with Gasteiger partial charge in [0.1, 0.15) is 18.4 Å². The summed E-state index contributed by atoms with van der Waals surface area (Å²) < 4.78 is 12.4. The van der Waals surface area contributed by atoms with Crippen LogP contribution >= 0.6 is 0 Å². The largest absolute Gasteiger partial charge is 0.459 e. The zero-order valence-corrected chi connectivity index (χ0v) is 16.8. The van der Waals surface area contributed by atoms with Gasteiger partial charge < -0.3 is 14.6 Å². The van der Waals surface area contributed by atoms with Crippen LogP contribution in [0.2, 0.25) is 0 Å². The summed E-state index contributed by atoms with van der Waals surface area (Å²) in [5.74, 6) is -0.314. The Morgan fingerprint density at radius 2 is 1.93 bits per heavy atom. The number of aromatic amines is 1. The summed E-state index contributed by atoms with van der Waals surface area (Å²) >= 11 is 0. The maximum atomic E-state index is 12.1. The van der Waals surface area contributed by atoms with Crippen molar-refractivity contribution in [2.75, 3.05) is 6.61 Å². The van der Waals surface area contributed by atoms with E-state index in [1.54, 1.807) is 6.92 Å². The normalized spacial score (nSPS) is 21.8. The molecule has 0 spiro atoms. The van der Waals surface area contributed by atoms with E-state index in [1.165, 1.54) is 36.4 Å². The predicted octanol–water partition coefficient (Wildman–Crippen LogP) is 2.18. The molecular weight excluding hydrogens is 364 g/mol. The first kappa shape index (κ1) is 22.4. The minimum atomic E-state index is -0.698. The number of esters is 1. The standard InChI is InChI=1S/C20H32N2O6/c1-3-4-5-6-7-8-9-10-18(24)28-15-11-17(27-16(15)13-23)22-12-14(2)19(25)21-20(22)26/h12,15-17,23H,3-11,13H2,1-2H3,(H,21,25,26)/t15-,16+,17+/m0/s1. The lowest BCUT2D eigenvalue weighted by atomic mass is 10.1. The first-order valence-corrected chi connectivity index (χ1v) is 10.2. The molecule has 0 aliphatic carbocycles. The van der Waals surface area contributed by atoms with Gasteiger partial charge in [0.2, 0.25) is 0 Å². The second-order valence-corrected chi connectivity index (χ2v) is 7.43. The molecule has 0 radical (unpaired) electrons. The fourth-order valence-corrected chi connectivity index (χ4v) is 3.41. The molecule has 0 bridgehead atoms. The van der Waals surface area contributed by atoms with Crippen LogP contribution in [-0.2, 0) is 14.3 Å². The zero-order valence-electron chi connectivity index (χ0n) is 16.8. The van der Waals surface area contributed by atoms with Crippen molar-refractivity contribution in [1.29, 1.82) is 0 Å². The van der Waals surface area contributed by atoms with Crippen molar-refractivity contribution in [2.24, 2.45) is 0 Å². The smallest absolute Gasteiger partial charge is 0.330 e. The number of rotatable bonds is 11.